The van der Waals surface area contributed by atoms with Gasteiger partial charge in [-0.3, -0.25) is 0 Å². The first-order chi connectivity index (χ1) is 10.7. The number of halogens is 1. The van der Waals surface area contributed by atoms with Gasteiger partial charge in [0.25, 0.3) is 0 Å². The van der Waals surface area contributed by atoms with Gasteiger partial charge in [-0.15, -0.1) is 0 Å². The van der Waals surface area contributed by atoms with Crippen LogP contribution in [0, 0.1) is 0 Å². The number of hydrogen-bond acceptors (Lipinski definition) is 3. The van der Waals surface area contributed by atoms with Gasteiger partial charge in [0.2, 0.25) is 0 Å². The highest BCUT2D eigenvalue weighted by Gasteiger charge is 2.19. The second kappa shape index (κ2) is 7.47. The Bertz CT molecular complexity index is 529. The summed E-state index contributed by atoms with van der Waals surface area (Å²) >= 11 is 8.17. The van der Waals surface area contributed by atoms with Gasteiger partial charge in [-0.2, -0.15) is 11.8 Å². The van der Waals surface area contributed by atoms with Crippen LogP contribution in [0.4, 0.5) is 10.5 Å². The molecule has 0 atom stereocenters. The predicted octanol–water partition coefficient (Wildman–Crippen LogP) is 4.24. The van der Waals surface area contributed by atoms with Gasteiger partial charge in [-0.1, -0.05) is 11.6 Å². The van der Waals surface area contributed by atoms with Gasteiger partial charge >= 0.3 is 6.03 Å². The van der Waals surface area contributed by atoms with Crippen molar-refractivity contribution in [1.82, 2.24) is 4.90 Å². The van der Waals surface area contributed by atoms with E-state index in [1.54, 1.807) is 6.07 Å². The number of ether oxygens (including phenoxy) is 1. The van der Waals surface area contributed by atoms with Crippen LogP contribution in [0.5, 0.6) is 5.75 Å². The maximum atomic E-state index is 12.2. The van der Waals surface area contributed by atoms with E-state index in [4.69, 9.17) is 16.3 Å². The lowest BCUT2D eigenvalue weighted by molar-refractivity contribution is 0.210. The summed E-state index contributed by atoms with van der Waals surface area (Å²) in [6, 6.07) is 5.41. The quantitative estimate of drug-likeness (QED) is 0.894. The molecule has 1 N–H and O–H groups in total. The molecule has 4 nitrogen and oxygen atoms in total. The first-order valence-electron chi connectivity index (χ1n) is 7.82. The molecule has 0 radical (unpaired) electrons. The number of amides is 2. The molecule has 120 valence electrons. The molecule has 1 aliphatic carbocycles. The van der Waals surface area contributed by atoms with Gasteiger partial charge in [0.1, 0.15) is 5.75 Å². The van der Waals surface area contributed by atoms with Crippen LogP contribution in [0.1, 0.15) is 25.7 Å². The zero-order valence-corrected chi connectivity index (χ0v) is 14.1. The molecule has 0 aromatic heterocycles. The standard InChI is InChI=1S/C16H21ClN2O2S/c17-14-11-12(18-16(20)19-7-9-22-10-8-19)5-6-15(14)21-13-3-1-2-4-13/h5-6,11,13H,1-4,7-10H2,(H,18,20). The molecule has 1 saturated carbocycles. The van der Waals surface area contributed by atoms with Crippen molar-refractivity contribution in [3.8, 4) is 5.75 Å². The predicted molar refractivity (Wildman–Crippen MR) is 92.3 cm³/mol. The molecule has 2 aliphatic rings. The third-order valence-electron chi connectivity index (χ3n) is 4.08. The molecule has 1 aromatic carbocycles. The lowest BCUT2D eigenvalue weighted by Crippen LogP contribution is -2.40. The number of urea groups is 1. The summed E-state index contributed by atoms with van der Waals surface area (Å²) in [5.74, 6) is 2.71. The van der Waals surface area contributed by atoms with Crippen molar-refractivity contribution < 1.29 is 9.53 Å². The maximum Gasteiger partial charge on any atom is 0.321 e. The smallest absolute Gasteiger partial charge is 0.321 e. The van der Waals surface area contributed by atoms with Gasteiger partial charge in [0, 0.05) is 30.3 Å². The Balaban J connectivity index is 1.59. The molecule has 2 fully saturated rings. The van der Waals surface area contributed by atoms with E-state index in [-0.39, 0.29) is 12.1 Å². The van der Waals surface area contributed by atoms with Gasteiger partial charge in [-0.05, 0) is 43.9 Å². The summed E-state index contributed by atoms with van der Waals surface area (Å²) in [6.45, 7) is 1.60. The lowest BCUT2D eigenvalue weighted by atomic mass is 10.2. The van der Waals surface area contributed by atoms with Crippen molar-refractivity contribution in [2.24, 2.45) is 0 Å². The van der Waals surface area contributed by atoms with E-state index in [1.807, 2.05) is 28.8 Å². The van der Waals surface area contributed by atoms with Crippen LogP contribution in [0.25, 0.3) is 0 Å². The number of thioether (sulfide) groups is 1. The number of carbonyl (C=O) groups is 1. The summed E-state index contributed by atoms with van der Waals surface area (Å²) in [4.78, 5) is 14.0. The second-order valence-corrected chi connectivity index (χ2v) is 7.33. The minimum atomic E-state index is -0.0548. The Hall–Kier alpha value is -1.07. The van der Waals surface area contributed by atoms with Crippen molar-refractivity contribution >= 4 is 35.1 Å². The van der Waals surface area contributed by atoms with E-state index in [2.05, 4.69) is 5.32 Å². The van der Waals surface area contributed by atoms with Gasteiger partial charge in [-0.25, -0.2) is 4.79 Å². The molecule has 0 unspecified atom stereocenters. The minimum absolute atomic E-state index is 0.0548. The van der Waals surface area contributed by atoms with E-state index in [0.717, 1.165) is 37.4 Å². The third kappa shape index (κ3) is 4.02. The summed E-state index contributed by atoms with van der Waals surface area (Å²) in [5, 5.41) is 3.47. The fraction of sp³-hybridized carbons (Fsp3) is 0.562. The molecule has 1 aromatic rings. The number of hydrogen-bond donors (Lipinski definition) is 1. The van der Waals surface area contributed by atoms with Crippen molar-refractivity contribution in [2.75, 3.05) is 29.9 Å². The van der Waals surface area contributed by atoms with Crippen molar-refractivity contribution in [3.63, 3.8) is 0 Å². The molecule has 0 spiro atoms. The number of anilines is 1. The normalized spacial score (nSPS) is 19.2. The van der Waals surface area contributed by atoms with Crippen LogP contribution in [-0.4, -0.2) is 41.6 Å². The van der Waals surface area contributed by atoms with Gasteiger partial charge in [0.15, 0.2) is 0 Å². The lowest BCUT2D eigenvalue weighted by Gasteiger charge is -2.26. The first-order valence-corrected chi connectivity index (χ1v) is 9.35. The molecule has 3 rings (SSSR count). The Morgan fingerprint density at radius 2 is 2.00 bits per heavy atom. The fourth-order valence-corrected chi connectivity index (χ4v) is 3.96. The average molecular weight is 341 g/mol. The summed E-state index contributed by atoms with van der Waals surface area (Å²) in [6.07, 6.45) is 4.93. The number of nitrogens with one attached hydrogen (secondary N) is 1. The maximum absolute atomic E-state index is 12.2. The van der Waals surface area contributed by atoms with Crippen LogP contribution < -0.4 is 10.1 Å². The van der Waals surface area contributed by atoms with Crippen LogP contribution in [0.2, 0.25) is 5.02 Å². The molecule has 1 aliphatic heterocycles. The van der Waals surface area contributed by atoms with Gasteiger partial charge < -0.3 is 15.0 Å². The summed E-state index contributed by atoms with van der Waals surface area (Å²) in [5.41, 5.74) is 0.715. The topological polar surface area (TPSA) is 41.6 Å². The van der Waals surface area contributed by atoms with Crippen molar-refractivity contribution in [2.45, 2.75) is 31.8 Å². The molecular formula is C16H21ClN2O2S. The Morgan fingerprint density at radius 3 is 2.68 bits per heavy atom. The number of benzene rings is 1. The van der Waals surface area contributed by atoms with Gasteiger partial charge in [0.05, 0.1) is 11.1 Å². The molecule has 2 amide bonds. The minimum Gasteiger partial charge on any atom is -0.489 e. The van der Waals surface area contributed by atoms with Crippen molar-refractivity contribution in [3.05, 3.63) is 23.2 Å². The highest BCUT2D eigenvalue weighted by molar-refractivity contribution is 7.99. The van der Waals surface area contributed by atoms with Crippen LogP contribution in [0.15, 0.2) is 18.2 Å². The average Bonchev–Trinajstić information content (AvgIpc) is 3.04. The van der Waals surface area contributed by atoms with Crippen LogP contribution in [-0.2, 0) is 0 Å². The highest BCUT2D eigenvalue weighted by Crippen LogP contribution is 2.31. The zero-order chi connectivity index (χ0) is 15.4. The number of rotatable bonds is 3. The third-order valence-corrected chi connectivity index (χ3v) is 5.32. The van der Waals surface area contributed by atoms with E-state index in [1.165, 1.54) is 12.8 Å². The summed E-state index contributed by atoms with van der Waals surface area (Å²) in [7, 11) is 0. The first kappa shape index (κ1) is 15.8. The van der Waals surface area contributed by atoms with E-state index in [0.29, 0.717) is 16.5 Å². The van der Waals surface area contributed by atoms with Crippen LogP contribution in [0.3, 0.4) is 0 Å². The Kier molecular flexibility index (Phi) is 5.37. The zero-order valence-electron chi connectivity index (χ0n) is 12.5. The Labute approximate surface area is 140 Å². The highest BCUT2D eigenvalue weighted by atomic mass is 35.5. The van der Waals surface area contributed by atoms with E-state index >= 15 is 0 Å². The monoisotopic (exact) mass is 340 g/mol. The molecule has 1 heterocycles. The fourth-order valence-electron chi connectivity index (χ4n) is 2.83. The van der Waals surface area contributed by atoms with Crippen LogP contribution >= 0.6 is 23.4 Å². The number of carbonyl (C=O) groups excluding carboxylic acids is 1. The van der Waals surface area contributed by atoms with Crippen molar-refractivity contribution in [1.29, 1.82) is 0 Å². The Morgan fingerprint density at radius 1 is 1.27 bits per heavy atom. The molecule has 0 bridgehead atoms. The van der Waals surface area contributed by atoms with E-state index < -0.39 is 0 Å². The SMILES string of the molecule is O=C(Nc1ccc(OC2CCCC2)c(Cl)c1)N1CCSCC1. The van der Waals surface area contributed by atoms with E-state index in [9.17, 15) is 4.79 Å². The largest absolute Gasteiger partial charge is 0.489 e. The molecule has 6 heteroatoms. The molecule has 22 heavy (non-hydrogen) atoms. The summed E-state index contributed by atoms with van der Waals surface area (Å²) < 4.78 is 5.92. The second-order valence-electron chi connectivity index (χ2n) is 5.70. The number of nitrogens with zero attached hydrogens (tertiary/aromatic N) is 1. The molecule has 1 saturated heterocycles. The molecular weight excluding hydrogens is 320 g/mol.